The quantitative estimate of drug-likeness (QED) is 0.867. The van der Waals surface area contributed by atoms with Crippen molar-refractivity contribution in [1.82, 2.24) is 9.55 Å². The van der Waals surface area contributed by atoms with Gasteiger partial charge in [-0.05, 0) is 18.2 Å². The fourth-order valence-electron chi connectivity index (χ4n) is 2.22. The third-order valence-corrected chi connectivity index (χ3v) is 4.46. The van der Waals surface area contributed by atoms with E-state index < -0.39 is 5.82 Å². The van der Waals surface area contributed by atoms with E-state index in [2.05, 4.69) is 4.98 Å². The van der Waals surface area contributed by atoms with Gasteiger partial charge in [0.25, 0.3) is 0 Å². The van der Waals surface area contributed by atoms with Crippen LogP contribution in [0.3, 0.4) is 0 Å². The van der Waals surface area contributed by atoms with Gasteiger partial charge in [0, 0.05) is 17.9 Å². The second-order valence-corrected chi connectivity index (χ2v) is 5.67. The summed E-state index contributed by atoms with van der Waals surface area (Å²) in [7, 11) is 0. The molecule has 6 heteroatoms. The highest BCUT2D eigenvalue weighted by Crippen LogP contribution is 2.34. The van der Waals surface area contributed by atoms with Crippen molar-refractivity contribution in [2.75, 3.05) is 17.2 Å². The molecule has 1 fully saturated rings. The van der Waals surface area contributed by atoms with Gasteiger partial charge < -0.3 is 10.3 Å². The molecule has 90 valence electrons. The van der Waals surface area contributed by atoms with Crippen LogP contribution >= 0.6 is 23.4 Å². The van der Waals surface area contributed by atoms with Crippen LogP contribution in [-0.4, -0.2) is 21.1 Å². The largest absolute Gasteiger partial charge is 0.369 e. The van der Waals surface area contributed by atoms with Gasteiger partial charge in [-0.3, -0.25) is 0 Å². The third kappa shape index (κ3) is 1.77. The van der Waals surface area contributed by atoms with Gasteiger partial charge in [0.15, 0.2) is 0 Å². The van der Waals surface area contributed by atoms with Crippen LogP contribution in [-0.2, 0) is 0 Å². The summed E-state index contributed by atoms with van der Waals surface area (Å²) in [4.78, 5) is 4.24. The first-order chi connectivity index (χ1) is 8.16. The van der Waals surface area contributed by atoms with E-state index in [0.29, 0.717) is 17.5 Å². The Bertz CT molecular complexity index is 578. The second-order valence-electron chi connectivity index (χ2n) is 4.11. The number of nitrogen functional groups attached to an aromatic ring is 1. The highest BCUT2D eigenvalue weighted by atomic mass is 35.5. The first-order valence-corrected chi connectivity index (χ1v) is 6.90. The number of hydrogen-bond donors (Lipinski definition) is 1. The SMILES string of the molecule is Nc1nc2cc(Cl)c(F)cc2n1C1CCSC1. The maximum absolute atomic E-state index is 13.5. The van der Waals surface area contributed by atoms with Gasteiger partial charge in [-0.15, -0.1) is 0 Å². The highest BCUT2D eigenvalue weighted by Gasteiger charge is 2.22. The van der Waals surface area contributed by atoms with E-state index in [1.165, 1.54) is 12.1 Å². The van der Waals surface area contributed by atoms with Gasteiger partial charge in [0.2, 0.25) is 5.95 Å². The van der Waals surface area contributed by atoms with E-state index in [-0.39, 0.29) is 5.02 Å². The van der Waals surface area contributed by atoms with Crippen molar-refractivity contribution in [3.05, 3.63) is 23.0 Å². The van der Waals surface area contributed by atoms with E-state index >= 15 is 0 Å². The van der Waals surface area contributed by atoms with E-state index in [4.69, 9.17) is 17.3 Å². The highest BCUT2D eigenvalue weighted by molar-refractivity contribution is 7.99. The maximum Gasteiger partial charge on any atom is 0.201 e. The number of hydrogen-bond acceptors (Lipinski definition) is 3. The normalized spacial score (nSPS) is 20.2. The fraction of sp³-hybridized carbons (Fsp3) is 0.364. The number of thioether (sulfide) groups is 1. The predicted octanol–water partition coefficient (Wildman–Crippen LogP) is 3.09. The average Bonchev–Trinajstić information content (AvgIpc) is 2.86. The van der Waals surface area contributed by atoms with Crippen LogP contribution in [0.2, 0.25) is 5.02 Å². The van der Waals surface area contributed by atoms with E-state index in [0.717, 1.165) is 23.4 Å². The smallest absolute Gasteiger partial charge is 0.201 e. The van der Waals surface area contributed by atoms with Gasteiger partial charge in [0.05, 0.1) is 16.1 Å². The number of fused-ring (bicyclic) bond motifs is 1. The van der Waals surface area contributed by atoms with Crippen molar-refractivity contribution in [2.45, 2.75) is 12.5 Å². The van der Waals surface area contributed by atoms with Crippen molar-refractivity contribution in [3.63, 3.8) is 0 Å². The Balaban J connectivity index is 2.22. The molecule has 0 aliphatic carbocycles. The van der Waals surface area contributed by atoms with Crippen LogP contribution in [0.15, 0.2) is 12.1 Å². The standard InChI is InChI=1S/C11H11ClFN3S/c12-7-3-9-10(4-8(7)13)16(11(14)15-9)6-1-2-17-5-6/h3-4,6H,1-2,5H2,(H2,14,15). The van der Waals surface area contributed by atoms with Gasteiger partial charge in [-0.1, -0.05) is 11.6 Å². The number of nitrogens with two attached hydrogens (primary N) is 1. The molecule has 0 radical (unpaired) electrons. The molecule has 3 nitrogen and oxygen atoms in total. The van der Waals surface area contributed by atoms with Crippen LogP contribution in [0, 0.1) is 5.82 Å². The molecule has 1 aromatic heterocycles. The van der Waals surface area contributed by atoms with Crippen molar-refractivity contribution < 1.29 is 4.39 Å². The average molecular weight is 272 g/mol. The molecule has 2 heterocycles. The molecule has 2 N–H and O–H groups in total. The third-order valence-electron chi connectivity index (χ3n) is 3.03. The number of benzene rings is 1. The molecule has 1 aromatic carbocycles. The molecular formula is C11H11ClFN3S. The van der Waals surface area contributed by atoms with Crippen molar-refractivity contribution in [1.29, 1.82) is 0 Å². The number of nitrogens with zero attached hydrogens (tertiary/aromatic N) is 2. The van der Waals surface area contributed by atoms with Crippen LogP contribution in [0.5, 0.6) is 0 Å². The van der Waals surface area contributed by atoms with Crippen molar-refractivity contribution >= 4 is 40.3 Å². The minimum Gasteiger partial charge on any atom is -0.369 e. The Morgan fingerprint density at radius 3 is 3.06 bits per heavy atom. The Morgan fingerprint density at radius 2 is 2.35 bits per heavy atom. The lowest BCUT2D eigenvalue weighted by atomic mass is 10.2. The maximum atomic E-state index is 13.5. The minimum atomic E-state index is -0.425. The topological polar surface area (TPSA) is 43.8 Å². The molecule has 0 spiro atoms. The molecular weight excluding hydrogens is 261 g/mol. The minimum absolute atomic E-state index is 0.0861. The zero-order valence-electron chi connectivity index (χ0n) is 8.99. The summed E-state index contributed by atoms with van der Waals surface area (Å²) in [6, 6.07) is 3.26. The van der Waals surface area contributed by atoms with E-state index in [1.807, 2.05) is 16.3 Å². The second kappa shape index (κ2) is 4.07. The van der Waals surface area contributed by atoms with Crippen LogP contribution in [0.4, 0.5) is 10.3 Å². The van der Waals surface area contributed by atoms with Crippen LogP contribution < -0.4 is 5.73 Å². The Morgan fingerprint density at radius 1 is 1.53 bits per heavy atom. The Hall–Kier alpha value is -0.940. The lowest BCUT2D eigenvalue weighted by Gasteiger charge is -2.13. The summed E-state index contributed by atoms with van der Waals surface area (Å²) >= 11 is 7.62. The summed E-state index contributed by atoms with van der Waals surface area (Å²) in [6.07, 6.45) is 1.05. The van der Waals surface area contributed by atoms with E-state index in [9.17, 15) is 4.39 Å². The first-order valence-electron chi connectivity index (χ1n) is 5.37. The van der Waals surface area contributed by atoms with Crippen LogP contribution in [0.25, 0.3) is 11.0 Å². The molecule has 1 aliphatic rings. The molecule has 1 unspecified atom stereocenters. The number of anilines is 1. The van der Waals surface area contributed by atoms with Gasteiger partial charge in [0.1, 0.15) is 5.82 Å². The molecule has 0 saturated carbocycles. The van der Waals surface area contributed by atoms with Crippen molar-refractivity contribution in [3.8, 4) is 0 Å². The molecule has 1 saturated heterocycles. The zero-order chi connectivity index (χ0) is 12.0. The molecule has 17 heavy (non-hydrogen) atoms. The number of rotatable bonds is 1. The van der Waals surface area contributed by atoms with Gasteiger partial charge in [-0.2, -0.15) is 11.8 Å². The summed E-state index contributed by atoms with van der Waals surface area (Å²) in [5.41, 5.74) is 7.30. The molecule has 3 rings (SSSR count). The Labute approximate surface area is 107 Å². The van der Waals surface area contributed by atoms with Gasteiger partial charge in [-0.25, -0.2) is 9.37 Å². The van der Waals surface area contributed by atoms with Gasteiger partial charge >= 0.3 is 0 Å². The fourth-order valence-corrected chi connectivity index (χ4v) is 3.57. The monoisotopic (exact) mass is 271 g/mol. The molecule has 1 atom stereocenters. The van der Waals surface area contributed by atoms with E-state index in [1.54, 1.807) is 0 Å². The number of imidazole rings is 1. The lowest BCUT2D eigenvalue weighted by Crippen LogP contribution is -2.11. The molecule has 2 aromatic rings. The predicted molar refractivity (Wildman–Crippen MR) is 70.1 cm³/mol. The first kappa shape index (κ1) is 11.2. The summed E-state index contributed by atoms with van der Waals surface area (Å²) in [5, 5.41) is 0.0861. The zero-order valence-corrected chi connectivity index (χ0v) is 10.6. The van der Waals surface area contributed by atoms with Crippen molar-refractivity contribution in [2.24, 2.45) is 0 Å². The molecule has 1 aliphatic heterocycles. The summed E-state index contributed by atoms with van der Waals surface area (Å²) in [5.74, 6) is 2.12. The number of aromatic nitrogens is 2. The lowest BCUT2D eigenvalue weighted by molar-refractivity contribution is 0.580. The summed E-state index contributed by atoms with van der Waals surface area (Å²) < 4.78 is 15.4. The van der Waals surface area contributed by atoms with Crippen LogP contribution in [0.1, 0.15) is 12.5 Å². The summed E-state index contributed by atoms with van der Waals surface area (Å²) in [6.45, 7) is 0. The number of halogens is 2. The molecule has 0 amide bonds. The Kier molecular flexibility index (Phi) is 2.67. The molecule has 0 bridgehead atoms.